The summed E-state index contributed by atoms with van der Waals surface area (Å²) < 4.78 is 11.3. The molecule has 1 aliphatic rings. The Morgan fingerprint density at radius 3 is 3.19 bits per heavy atom. The van der Waals surface area contributed by atoms with Crippen molar-refractivity contribution in [3.8, 4) is 0 Å². The van der Waals surface area contributed by atoms with E-state index in [2.05, 4.69) is 10.3 Å². The third-order valence-corrected chi connectivity index (χ3v) is 3.90. The number of nitrogens with one attached hydrogen (secondary N) is 1. The van der Waals surface area contributed by atoms with Crippen LogP contribution in [0.5, 0.6) is 0 Å². The SMILES string of the molecule is CC(C)=CCO[C@H]1CCOC[C@H]1NC(=O)Cc1cscn1. The van der Waals surface area contributed by atoms with Crippen LogP contribution in [0.15, 0.2) is 22.5 Å². The highest BCUT2D eigenvalue weighted by atomic mass is 32.1. The first kappa shape index (κ1) is 16.1. The summed E-state index contributed by atoms with van der Waals surface area (Å²) >= 11 is 1.50. The number of nitrogens with zero attached hydrogens (tertiary/aromatic N) is 1. The highest BCUT2D eigenvalue weighted by Crippen LogP contribution is 2.13. The van der Waals surface area contributed by atoms with E-state index in [1.54, 1.807) is 5.51 Å². The van der Waals surface area contributed by atoms with Crippen LogP contribution >= 0.6 is 11.3 Å². The van der Waals surface area contributed by atoms with Gasteiger partial charge in [-0.15, -0.1) is 11.3 Å². The first-order valence-electron chi connectivity index (χ1n) is 7.14. The minimum Gasteiger partial charge on any atom is -0.379 e. The Kier molecular flexibility index (Phi) is 6.35. The van der Waals surface area contributed by atoms with Crippen LogP contribution in [0.1, 0.15) is 26.0 Å². The number of hydrogen-bond donors (Lipinski definition) is 1. The van der Waals surface area contributed by atoms with E-state index < -0.39 is 0 Å². The van der Waals surface area contributed by atoms with Gasteiger partial charge in [0.15, 0.2) is 0 Å². The van der Waals surface area contributed by atoms with Crippen molar-refractivity contribution in [1.29, 1.82) is 0 Å². The summed E-state index contributed by atoms with van der Waals surface area (Å²) in [6.45, 7) is 5.84. The second-order valence-corrected chi connectivity index (χ2v) is 6.07. The van der Waals surface area contributed by atoms with Gasteiger partial charge in [0.2, 0.25) is 5.91 Å². The van der Waals surface area contributed by atoms with E-state index in [-0.39, 0.29) is 18.1 Å². The van der Waals surface area contributed by atoms with E-state index in [1.165, 1.54) is 16.9 Å². The molecule has 0 aliphatic carbocycles. The van der Waals surface area contributed by atoms with Crippen molar-refractivity contribution >= 4 is 17.2 Å². The molecular formula is C15H22N2O3S. The predicted molar refractivity (Wildman–Crippen MR) is 82.4 cm³/mol. The summed E-state index contributed by atoms with van der Waals surface area (Å²) in [6, 6.07) is -0.0875. The average molecular weight is 310 g/mol. The molecule has 1 N–H and O–H groups in total. The molecule has 21 heavy (non-hydrogen) atoms. The Balaban J connectivity index is 1.83. The zero-order valence-electron chi connectivity index (χ0n) is 12.5. The van der Waals surface area contributed by atoms with Crippen LogP contribution in [0.3, 0.4) is 0 Å². The Hall–Kier alpha value is -1.24. The average Bonchev–Trinajstić information content (AvgIpc) is 2.93. The molecule has 6 heteroatoms. The molecular weight excluding hydrogens is 288 g/mol. The van der Waals surface area contributed by atoms with Crippen molar-refractivity contribution in [2.45, 2.75) is 38.8 Å². The lowest BCUT2D eigenvalue weighted by atomic mass is 10.1. The number of allylic oxidation sites excluding steroid dienone is 1. The van der Waals surface area contributed by atoms with E-state index >= 15 is 0 Å². The van der Waals surface area contributed by atoms with Gasteiger partial charge in [-0.2, -0.15) is 0 Å². The minimum absolute atomic E-state index is 0.00809. The van der Waals surface area contributed by atoms with Gasteiger partial charge in [0.1, 0.15) is 0 Å². The summed E-state index contributed by atoms with van der Waals surface area (Å²) in [7, 11) is 0. The summed E-state index contributed by atoms with van der Waals surface area (Å²) in [4.78, 5) is 16.2. The van der Waals surface area contributed by atoms with Gasteiger partial charge in [-0.1, -0.05) is 11.6 Å². The Morgan fingerprint density at radius 2 is 2.48 bits per heavy atom. The van der Waals surface area contributed by atoms with Gasteiger partial charge < -0.3 is 14.8 Å². The van der Waals surface area contributed by atoms with Crippen molar-refractivity contribution in [2.24, 2.45) is 0 Å². The monoisotopic (exact) mass is 310 g/mol. The van der Waals surface area contributed by atoms with E-state index in [4.69, 9.17) is 9.47 Å². The number of hydrogen-bond acceptors (Lipinski definition) is 5. The maximum atomic E-state index is 12.0. The molecule has 1 saturated heterocycles. The zero-order chi connectivity index (χ0) is 15.1. The quantitative estimate of drug-likeness (QED) is 0.816. The van der Waals surface area contributed by atoms with Crippen LogP contribution in [0, 0.1) is 0 Å². The maximum absolute atomic E-state index is 12.0. The molecule has 1 fully saturated rings. The van der Waals surface area contributed by atoms with Gasteiger partial charge in [0.25, 0.3) is 0 Å². The maximum Gasteiger partial charge on any atom is 0.226 e. The lowest BCUT2D eigenvalue weighted by Crippen LogP contribution is -2.51. The summed E-state index contributed by atoms with van der Waals surface area (Å²) in [5.41, 5.74) is 3.76. The fourth-order valence-electron chi connectivity index (χ4n) is 2.14. The van der Waals surface area contributed by atoms with Crippen LogP contribution in [0.4, 0.5) is 0 Å². The van der Waals surface area contributed by atoms with Crippen molar-refractivity contribution in [3.05, 3.63) is 28.2 Å². The predicted octanol–water partition coefficient (Wildman–Crippen LogP) is 1.94. The van der Waals surface area contributed by atoms with Gasteiger partial charge in [-0.3, -0.25) is 4.79 Å². The zero-order valence-corrected chi connectivity index (χ0v) is 13.3. The van der Waals surface area contributed by atoms with Crippen molar-refractivity contribution < 1.29 is 14.3 Å². The molecule has 2 rings (SSSR count). The molecule has 0 radical (unpaired) electrons. The molecule has 5 nitrogen and oxygen atoms in total. The van der Waals surface area contributed by atoms with Gasteiger partial charge in [0.05, 0.1) is 43.0 Å². The highest BCUT2D eigenvalue weighted by molar-refractivity contribution is 7.07. The molecule has 2 atom stereocenters. The number of carbonyl (C=O) groups is 1. The molecule has 1 aromatic heterocycles. The molecule has 0 spiro atoms. The van der Waals surface area contributed by atoms with Gasteiger partial charge >= 0.3 is 0 Å². The molecule has 0 saturated carbocycles. The fourth-order valence-corrected chi connectivity index (χ4v) is 2.70. The molecule has 0 aromatic carbocycles. The Bertz CT molecular complexity index is 469. The summed E-state index contributed by atoms with van der Waals surface area (Å²) in [5.74, 6) is -0.0350. The number of carbonyl (C=O) groups excluding carboxylic acids is 1. The first-order valence-corrected chi connectivity index (χ1v) is 8.08. The molecule has 1 aromatic rings. The summed E-state index contributed by atoms with van der Waals surface area (Å²) in [6.07, 6.45) is 3.16. The van der Waals surface area contributed by atoms with Crippen molar-refractivity contribution in [2.75, 3.05) is 19.8 Å². The number of thiazole rings is 1. The first-order chi connectivity index (χ1) is 10.1. The largest absolute Gasteiger partial charge is 0.379 e. The topological polar surface area (TPSA) is 60.5 Å². The van der Waals surface area contributed by atoms with Crippen LogP contribution in [0.25, 0.3) is 0 Å². The van der Waals surface area contributed by atoms with Crippen LogP contribution in [0.2, 0.25) is 0 Å². The lowest BCUT2D eigenvalue weighted by molar-refractivity contribution is -0.125. The Labute approximate surface area is 129 Å². The molecule has 2 heterocycles. The number of ether oxygens (including phenoxy) is 2. The van der Waals surface area contributed by atoms with E-state index in [9.17, 15) is 4.79 Å². The smallest absolute Gasteiger partial charge is 0.226 e. The second kappa shape index (κ2) is 8.26. The van der Waals surface area contributed by atoms with E-state index in [1.807, 2.05) is 25.3 Å². The molecule has 0 unspecified atom stereocenters. The minimum atomic E-state index is -0.0875. The number of amides is 1. The summed E-state index contributed by atoms with van der Waals surface area (Å²) in [5, 5.41) is 4.89. The van der Waals surface area contributed by atoms with Crippen molar-refractivity contribution in [1.82, 2.24) is 10.3 Å². The molecule has 1 aliphatic heterocycles. The normalized spacial score (nSPS) is 21.8. The third kappa shape index (κ3) is 5.57. The Morgan fingerprint density at radius 1 is 1.62 bits per heavy atom. The molecule has 0 bridgehead atoms. The number of rotatable bonds is 6. The van der Waals surface area contributed by atoms with Gasteiger partial charge in [0, 0.05) is 12.0 Å². The second-order valence-electron chi connectivity index (χ2n) is 5.35. The highest BCUT2D eigenvalue weighted by Gasteiger charge is 2.27. The molecule has 1 amide bonds. The molecule has 116 valence electrons. The van der Waals surface area contributed by atoms with Crippen molar-refractivity contribution in [3.63, 3.8) is 0 Å². The third-order valence-electron chi connectivity index (χ3n) is 3.27. The van der Waals surface area contributed by atoms with E-state index in [0.717, 1.165) is 12.1 Å². The number of aromatic nitrogens is 1. The van der Waals surface area contributed by atoms with Crippen LogP contribution in [-0.2, 0) is 20.7 Å². The van der Waals surface area contributed by atoms with Crippen LogP contribution in [-0.4, -0.2) is 42.9 Å². The standard InChI is InChI=1S/C15H22N2O3S/c1-11(2)3-6-20-14-4-5-19-8-13(14)17-15(18)7-12-9-21-10-16-12/h3,9-10,13-14H,4-8H2,1-2H3,(H,17,18)/t13-,14+/m1/s1. The van der Waals surface area contributed by atoms with Gasteiger partial charge in [-0.05, 0) is 20.3 Å². The van der Waals surface area contributed by atoms with Crippen LogP contribution < -0.4 is 5.32 Å². The van der Waals surface area contributed by atoms with Gasteiger partial charge in [-0.25, -0.2) is 4.98 Å². The lowest BCUT2D eigenvalue weighted by Gasteiger charge is -2.31. The van der Waals surface area contributed by atoms with E-state index in [0.29, 0.717) is 26.2 Å². The fraction of sp³-hybridized carbons (Fsp3) is 0.600.